The van der Waals surface area contributed by atoms with Gasteiger partial charge in [0.25, 0.3) is 0 Å². The van der Waals surface area contributed by atoms with Crippen LogP contribution in [0.3, 0.4) is 0 Å². The molecule has 8 nitrogen and oxygen atoms in total. The Morgan fingerprint density at radius 2 is 0.492 bits per heavy atom. The third-order valence-corrected chi connectivity index (χ3v) is 10.7. The molecule has 0 saturated carbocycles. The van der Waals surface area contributed by atoms with Gasteiger partial charge in [-0.2, -0.15) is 0 Å². The van der Waals surface area contributed by atoms with Crippen LogP contribution in [0.4, 0.5) is 0 Å². The molecule has 8 aromatic rings. The van der Waals surface area contributed by atoms with Crippen LogP contribution in [0, 0.1) is 103 Å². The van der Waals surface area contributed by atoms with Crippen LogP contribution >= 0.6 is 0 Å². The van der Waals surface area contributed by atoms with Gasteiger partial charge in [-0.05, 0) is 126 Å². The van der Waals surface area contributed by atoms with E-state index < -0.39 is 5.41 Å². The van der Waals surface area contributed by atoms with Crippen LogP contribution in [0.2, 0.25) is 0 Å². The highest BCUT2D eigenvalue weighted by Gasteiger charge is 2.38. The van der Waals surface area contributed by atoms with Gasteiger partial charge in [0.1, 0.15) is 23.0 Å². The molecule has 4 aromatic carbocycles. The summed E-state index contributed by atoms with van der Waals surface area (Å²) in [5.74, 6) is 29.1. The van der Waals surface area contributed by atoms with Crippen LogP contribution in [-0.2, 0) is 5.41 Å². The van der Waals surface area contributed by atoms with Crippen molar-refractivity contribution >= 4 is 0 Å². The van der Waals surface area contributed by atoms with Crippen molar-refractivity contribution in [2.45, 2.75) is 60.8 Å². The zero-order chi connectivity index (χ0) is 42.7. The van der Waals surface area contributed by atoms with E-state index in [1.54, 1.807) is 0 Å². The number of nitrogens with zero attached hydrogens (tertiary/aromatic N) is 4. The number of hydrogen-bond acceptors (Lipinski definition) is 8. The zero-order valence-electron chi connectivity index (χ0n) is 35.2. The molecule has 0 N–H and O–H groups in total. The average Bonchev–Trinajstić information content (AvgIpc) is 3.99. The quantitative estimate of drug-likeness (QED) is 0.128. The lowest BCUT2D eigenvalue weighted by atomic mass is 9.65. The van der Waals surface area contributed by atoms with Crippen molar-refractivity contribution in [3.63, 3.8) is 0 Å². The van der Waals surface area contributed by atoms with Gasteiger partial charge in [0.05, 0.1) is 50.4 Å². The molecule has 296 valence electrons. The standard InChI is InChI=1S/C53H40N4O4/c1-33-49(37(5)58-54-33)29-17-41-9-21-45(22-10-41)53(46-23-11-42(12-24-46)18-30-50-34(2)55-59-38(50)6,47-25-13-43(14-26-47)19-31-51-35(3)56-60-39(51)7)48-27-15-44(16-28-48)20-32-52-36(4)57-61-40(52)8/h9-16,21-28H,1-8H3. The summed E-state index contributed by atoms with van der Waals surface area (Å²) >= 11 is 0. The Morgan fingerprint density at radius 3 is 0.656 bits per heavy atom. The number of aryl methyl sites for hydroxylation is 8. The van der Waals surface area contributed by atoms with Crippen molar-refractivity contribution in [1.29, 1.82) is 0 Å². The third-order valence-electron chi connectivity index (χ3n) is 10.7. The molecule has 0 amide bonds. The van der Waals surface area contributed by atoms with Gasteiger partial charge >= 0.3 is 0 Å². The number of aromatic nitrogens is 4. The lowest BCUT2D eigenvalue weighted by Gasteiger charge is -2.37. The number of hydrogen-bond donors (Lipinski definition) is 0. The molecular formula is C53H40N4O4. The largest absolute Gasteiger partial charge is 0.360 e. The van der Waals surface area contributed by atoms with Crippen molar-refractivity contribution in [2.75, 3.05) is 0 Å². The maximum Gasteiger partial charge on any atom is 0.149 e. The van der Waals surface area contributed by atoms with Crippen molar-refractivity contribution in [2.24, 2.45) is 0 Å². The van der Waals surface area contributed by atoms with Crippen LogP contribution in [0.15, 0.2) is 115 Å². The molecular weight excluding hydrogens is 757 g/mol. The molecule has 4 aromatic heterocycles. The first kappa shape index (κ1) is 39.8. The third kappa shape index (κ3) is 7.92. The van der Waals surface area contributed by atoms with Crippen LogP contribution in [0.5, 0.6) is 0 Å². The molecule has 0 spiro atoms. The van der Waals surface area contributed by atoms with Gasteiger partial charge in [0.2, 0.25) is 0 Å². The topological polar surface area (TPSA) is 104 Å². The van der Waals surface area contributed by atoms with E-state index in [2.05, 4.69) is 165 Å². The second kappa shape index (κ2) is 16.7. The van der Waals surface area contributed by atoms with Gasteiger partial charge in [0, 0.05) is 22.3 Å². The normalized spacial score (nSPS) is 10.8. The molecule has 8 rings (SSSR count). The minimum atomic E-state index is -0.803. The monoisotopic (exact) mass is 796 g/mol. The van der Waals surface area contributed by atoms with E-state index in [0.29, 0.717) is 23.0 Å². The molecule has 0 aliphatic heterocycles. The molecule has 0 aliphatic rings. The van der Waals surface area contributed by atoms with Crippen LogP contribution in [-0.4, -0.2) is 20.6 Å². The highest BCUT2D eigenvalue weighted by Crippen LogP contribution is 2.45. The predicted octanol–water partition coefficient (Wildman–Crippen LogP) is 10.1. The summed E-state index contributed by atoms with van der Waals surface area (Å²) in [5.41, 5.74) is 13.0. The maximum atomic E-state index is 5.35. The summed E-state index contributed by atoms with van der Waals surface area (Å²) in [6.45, 7) is 15.1. The predicted molar refractivity (Wildman–Crippen MR) is 233 cm³/mol. The maximum absolute atomic E-state index is 5.35. The second-order valence-electron chi connectivity index (χ2n) is 14.9. The summed E-state index contributed by atoms with van der Waals surface area (Å²) in [6.07, 6.45) is 0. The van der Waals surface area contributed by atoms with Crippen LogP contribution in [0.1, 0.15) is 113 Å². The molecule has 0 aliphatic carbocycles. The van der Waals surface area contributed by atoms with Gasteiger partial charge in [-0.25, -0.2) is 0 Å². The highest BCUT2D eigenvalue weighted by molar-refractivity contribution is 5.63. The Balaban J connectivity index is 1.29. The average molecular weight is 797 g/mol. The first-order valence-corrected chi connectivity index (χ1v) is 19.7. The second-order valence-corrected chi connectivity index (χ2v) is 14.9. The van der Waals surface area contributed by atoms with E-state index in [9.17, 15) is 0 Å². The summed E-state index contributed by atoms with van der Waals surface area (Å²) < 4.78 is 21.4. The summed E-state index contributed by atoms with van der Waals surface area (Å²) in [6, 6.07) is 33.7. The van der Waals surface area contributed by atoms with E-state index in [1.165, 1.54) is 0 Å². The Morgan fingerprint density at radius 1 is 0.295 bits per heavy atom. The molecule has 0 fully saturated rings. The SMILES string of the molecule is Cc1noc(C)c1C#Cc1ccc(C(c2ccc(C#Cc3c(C)noc3C)cc2)(c2ccc(C#Cc3c(C)noc3C)cc2)c2ccc(C#Cc3c(C)noc3C)cc2)cc1. The van der Waals surface area contributed by atoms with E-state index in [0.717, 1.165) is 89.5 Å². The van der Waals surface area contributed by atoms with Crippen LogP contribution in [0.25, 0.3) is 0 Å². The smallest absolute Gasteiger partial charge is 0.149 e. The number of rotatable bonds is 4. The van der Waals surface area contributed by atoms with Gasteiger partial charge in [-0.1, -0.05) is 117 Å². The Kier molecular flexibility index (Phi) is 10.9. The molecule has 8 heteroatoms. The molecule has 0 unspecified atom stereocenters. The Bertz CT molecular complexity index is 2650. The summed E-state index contributed by atoms with van der Waals surface area (Å²) in [5, 5.41) is 16.3. The molecule has 4 heterocycles. The van der Waals surface area contributed by atoms with Gasteiger partial charge in [0.15, 0.2) is 0 Å². The summed E-state index contributed by atoms with van der Waals surface area (Å²) in [4.78, 5) is 0. The Labute approximate surface area is 355 Å². The van der Waals surface area contributed by atoms with Crippen LogP contribution < -0.4 is 0 Å². The molecule has 0 atom stereocenters. The number of benzene rings is 4. The van der Waals surface area contributed by atoms with E-state index in [4.69, 9.17) is 18.1 Å². The fraction of sp³-hybridized carbons (Fsp3) is 0.170. The highest BCUT2D eigenvalue weighted by atomic mass is 16.5. The van der Waals surface area contributed by atoms with Crippen molar-refractivity contribution in [3.05, 3.63) is 210 Å². The first-order chi connectivity index (χ1) is 29.5. The van der Waals surface area contributed by atoms with Crippen molar-refractivity contribution in [1.82, 2.24) is 20.6 Å². The van der Waals surface area contributed by atoms with Gasteiger partial charge < -0.3 is 18.1 Å². The minimum Gasteiger partial charge on any atom is -0.360 e. The van der Waals surface area contributed by atoms with Gasteiger partial charge in [-0.15, -0.1) is 0 Å². The molecule has 0 bridgehead atoms. The fourth-order valence-electron chi connectivity index (χ4n) is 7.40. The zero-order valence-corrected chi connectivity index (χ0v) is 35.2. The first-order valence-electron chi connectivity index (χ1n) is 19.7. The minimum absolute atomic E-state index is 0.695. The van der Waals surface area contributed by atoms with E-state index in [1.807, 2.05) is 55.4 Å². The fourth-order valence-corrected chi connectivity index (χ4v) is 7.40. The van der Waals surface area contributed by atoms with E-state index >= 15 is 0 Å². The van der Waals surface area contributed by atoms with Gasteiger partial charge in [-0.3, -0.25) is 0 Å². The van der Waals surface area contributed by atoms with Crippen molar-refractivity contribution in [3.8, 4) is 47.4 Å². The van der Waals surface area contributed by atoms with E-state index in [-0.39, 0.29) is 0 Å². The summed E-state index contributed by atoms with van der Waals surface area (Å²) in [7, 11) is 0. The lowest BCUT2D eigenvalue weighted by molar-refractivity contribution is 0.393. The molecule has 0 radical (unpaired) electrons. The molecule has 0 saturated heterocycles. The Hall–Kier alpha value is -8.04. The molecule has 61 heavy (non-hydrogen) atoms. The van der Waals surface area contributed by atoms with Crippen molar-refractivity contribution < 1.29 is 18.1 Å². The lowest BCUT2D eigenvalue weighted by Crippen LogP contribution is -2.31.